The minimum Gasteiger partial charge on any atom is -0.287 e. The van der Waals surface area contributed by atoms with Crippen molar-refractivity contribution in [1.82, 2.24) is 0 Å². The van der Waals surface area contributed by atoms with E-state index in [4.69, 9.17) is 36.8 Å². The number of phosphoric ester groups is 1. The zero-order chi connectivity index (χ0) is 11.0. The molecule has 0 N–H and O–H groups in total. The molecular weight excluding hydrogens is 250 g/mol. The Hall–Kier alpha value is 0.690. The van der Waals surface area contributed by atoms with Gasteiger partial charge in [0.05, 0.1) is 31.1 Å². The smallest absolute Gasteiger partial charge is 0.287 e. The summed E-state index contributed by atoms with van der Waals surface area (Å²) >= 11 is 11.1. The number of rotatable bonds is 8. The summed E-state index contributed by atoms with van der Waals surface area (Å²) in [6.07, 6.45) is -0.526. The lowest BCUT2D eigenvalue weighted by Gasteiger charge is -2.20. The third kappa shape index (κ3) is 5.54. The average molecular weight is 265 g/mol. The summed E-state index contributed by atoms with van der Waals surface area (Å²) in [5, 5.41) is 0. The Morgan fingerprint density at radius 3 is 1.86 bits per heavy atom. The minimum atomic E-state index is -3.48. The van der Waals surface area contributed by atoms with Crippen molar-refractivity contribution in [3.05, 3.63) is 0 Å². The van der Waals surface area contributed by atoms with Crippen molar-refractivity contribution in [2.24, 2.45) is 0 Å². The average Bonchev–Trinajstić information content (AvgIpc) is 2.15. The molecule has 0 saturated carbocycles. The first-order valence-electron chi connectivity index (χ1n) is 4.31. The molecule has 0 aliphatic carbocycles. The summed E-state index contributed by atoms with van der Waals surface area (Å²) in [5.41, 5.74) is 0. The monoisotopic (exact) mass is 264 g/mol. The molecule has 0 spiro atoms. The maximum atomic E-state index is 11.8. The molecule has 0 aromatic heterocycles. The van der Waals surface area contributed by atoms with Gasteiger partial charge < -0.3 is 0 Å². The highest BCUT2D eigenvalue weighted by Crippen LogP contribution is 2.50. The van der Waals surface area contributed by atoms with Crippen molar-refractivity contribution in [2.45, 2.75) is 20.0 Å². The molecule has 0 radical (unpaired) electrons. The van der Waals surface area contributed by atoms with Crippen LogP contribution in [-0.2, 0) is 18.1 Å². The van der Waals surface area contributed by atoms with Crippen molar-refractivity contribution in [1.29, 1.82) is 0 Å². The van der Waals surface area contributed by atoms with Gasteiger partial charge in [-0.3, -0.25) is 13.6 Å². The first kappa shape index (κ1) is 14.7. The van der Waals surface area contributed by atoms with E-state index in [2.05, 4.69) is 0 Å². The fourth-order valence-electron chi connectivity index (χ4n) is 0.695. The minimum absolute atomic E-state index is 0.146. The Kier molecular flexibility index (Phi) is 8.30. The molecule has 0 heterocycles. The second kappa shape index (κ2) is 7.91. The quantitative estimate of drug-likeness (QED) is 0.499. The van der Waals surface area contributed by atoms with E-state index in [-0.39, 0.29) is 25.0 Å². The third-order valence-electron chi connectivity index (χ3n) is 1.20. The Labute approximate surface area is 94.4 Å². The molecular formula is C7H15Cl2O4P. The standard InChI is InChI=1S/C7H15Cl2O4P/c1-3-11-14(10,12-4-2)13-7(5-8)6-9/h7H,3-6H2,1-2H3. The van der Waals surface area contributed by atoms with Gasteiger partial charge in [-0.25, -0.2) is 4.57 Å². The molecule has 0 unspecified atom stereocenters. The fourth-order valence-corrected chi connectivity index (χ4v) is 2.67. The maximum absolute atomic E-state index is 11.8. The van der Waals surface area contributed by atoms with Crippen LogP contribution in [0, 0.1) is 0 Å². The molecule has 0 atom stereocenters. The summed E-state index contributed by atoms with van der Waals surface area (Å²) < 4.78 is 26.6. The van der Waals surface area contributed by atoms with Crippen LogP contribution in [0.15, 0.2) is 0 Å². The molecule has 86 valence electrons. The van der Waals surface area contributed by atoms with Gasteiger partial charge in [-0.1, -0.05) is 0 Å². The lowest BCUT2D eigenvalue weighted by molar-refractivity contribution is 0.0997. The van der Waals surface area contributed by atoms with Gasteiger partial charge in [-0.05, 0) is 13.8 Å². The molecule has 14 heavy (non-hydrogen) atoms. The van der Waals surface area contributed by atoms with Crippen LogP contribution in [0.4, 0.5) is 0 Å². The predicted octanol–water partition coefficient (Wildman–Crippen LogP) is 3.03. The van der Waals surface area contributed by atoms with Crippen molar-refractivity contribution < 1.29 is 18.1 Å². The van der Waals surface area contributed by atoms with Crippen molar-refractivity contribution in [3.8, 4) is 0 Å². The van der Waals surface area contributed by atoms with Gasteiger partial charge in [0.2, 0.25) is 0 Å². The lowest BCUT2D eigenvalue weighted by Crippen LogP contribution is -2.17. The second-order valence-electron chi connectivity index (χ2n) is 2.32. The summed E-state index contributed by atoms with van der Waals surface area (Å²) in [6.45, 7) is 3.89. The largest absolute Gasteiger partial charge is 0.475 e. The first-order chi connectivity index (χ1) is 6.61. The van der Waals surface area contributed by atoms with Crippen molar-refractivity contribution in [3.63, 3.8) is 0 Å². The molecule has 0 aromatic carbocycles. The molecule has 0 amide bonds. The van der Waals surface area contributed by atoms with Crippen LogP contribution in [0.25, 0.3) is 0 Å². The second-order valence-corrected chi connectivity index (χ2v) is 4.56. The Morgan fingerprint density at radius 1 is 1.14 bits per heavy atom. The van der Waals surface area contributed by atoms with E-state index in [0.717, 1.165) is 0 Å². The predicted molar refractivity (Wildman–Crippen MR) is 57.2 cm³/mol. The van der Waals surface area contributed by atoms with Crippen LogP contribution in [0.2, 0.25) is 0 Å². The third-order valence-corrected chi connectivity index (χ3v) is 3.59. The molecule has 0 fully saturated rings. The Bertz CT molecular complexity index is 177. The van der Waals surface area contributed by atoms with Crippen LogP contribution in [-0.4, -0.2) is 31.1 Å². The number of phosphoric acid groups is 1. The first-order valence-corrected chi connectivity index (χ1v) is 6.84. The van der Waals surface area contributed by atoms with Crippen LogP contribution in [0.3, 0.4) is 0 Å². The van der Waals surface area contributed by atoms with E-state index < -0.39 is 13.9 Å². The van der Waals surface area contributed by atoms with Crippen LogP contribution >= 0.6 is 31.0 Å². The zero-order valence-corrected chi connectivity index (χ0v) is 10.6. The van der Waals surface area contributed by atoms with E-state index >= 15 is 0 Å². The zero-order valence-electron chi connectivity index (χ0n) is 8.24. The van der Waals surface area contributed by atoms with E-state index in [1.54, 1.807) is 13.8 Å². The van der Waals surface area contributed by atoms with Gasteiger partial charge in [0, 0.05) is 0 Å². The van der Waals surface area contributed by atoms with Gasteiger partial charge in [-0.2, -0.15) is 0 Å². The molecule has 4 nitrogen and oxygen atoms in total. The van der Waals surface area contributed by atoms with Gasteiger partial charge in [-0.15, -0.1) is 23.2 Å². The van der Waals surface area contributed by atoms with Gasteiger partial charge >= 0.3 is 7.82 Å². The molecule has 0 aliphatic rings. The number of halogens is 2. The van der Waals surface area contributed by atoms with E-state index in [1.807, 2.05) is 0 Å². The van der Waals surface area contributed by atoms with Crippen LogP contribution in [0.1, 0.15) is 13.8 Å². The highest BCUT2D eigenvalue weighted by molar-refractivity contribution is 7.48. The highest BCUT2D eigenvalue weighted by atomic mass is 35.5. The highest BCUT2D eigenvalue weighted by Gasteiger charge is 2.29. The van der Waals surface area contributed by atoms with E-state index in [1.165, 1.54) is 0 Å². The molecule has 0 aromatic rings. The summed E-state index contributed by atoms with van der Waals surface area (Å²) in [7, 11) is -3.48. The molecule has 0 aliphatic heterocycles. The van der Waals surface area contributed by atoms with Gasteiger partial charge in [0.25, 0.3) is 0 Å². The molecule has 7 heteroatoms. The van der Waals surface area contributed by atoms with E-state index in [0.29, 0.717) is 0 Å². The van der Waals surface area contributed by atoms with Crippen molar-refractivity contribution in [2.75, 3.05) is 25.0 Å². The van der Waals surface area contributed by atoms with Gasteiger partial charge in [0.15, 0.2) is 0 Å². The Balaban J connectivity index is 4.26. The van der Waals surface area contributed by atoms with Crippen LogP contribution in [0.5, 0.6) is 0 Å². The van der Waals surface area contributed by atoms with Crippen LogP contribution < -0.4 is 0 Å². The van der Waals surface area contributed by atoms with E-state index in [9.17, 15) is 4.57 Å². The molecule has 0 bridgehead atoms. The summed E-state index contributed by atoms with van der Waals surface area (Å²) in [4.78, 5) is 0. The topological polar surface area (TPSA) is 44.8 Å². The summed E-state index contributed by atoms with van der Waals surface area (Å²) in [6, 6.07) is 0. The lowest BCUT2D eigenvalue weighted by atomic mass is 10.5. The molecule has 0 saturated heterocycles. The van der Waals surface area contributed by atoms with Crippen molar-refractivity contribution >= 4 is 31.0 Å². The number of hydrogen-bond acceptors (Lipinski definition) is 4. The number of alkyl halides is 2. The fraction of sp³-hybridized carbons (Fsp3) is 1.00. The number of hydrogen-bond donors (Lipinski definition) is 0. The SMILES string of the molecule is CCOP(=O)(OCC)OC(CCl)CCl. The normalized spacial score (nSPS) is 12.4. The molecule has 0 rings (SSSR count). The summed E-state index contributed by atoms with van der Waals surface area (Å²) in [5.74, 6) is 0.293. The van der Waals surface area contributed by atoms with Gasteiger partial charge in [0.1, 0.15) is 0 Å². The maximum Gasteiger partial charge on any atom is 0.475 e. The Morgan fingerprint density at radius 2 is 1.57 bits per heavy atom.